The van der Waals surface area contributed by atoms with Gasteiger partial charge in [0.1, 0.15) is 22.7 Å². The Kier molecular flexibility index (Phi) is 6.01. The van der Waals surface area contributed by atoms with Gasteiger partial charge in [0.25, 0.3) is 10.0 Å². The zero-order valence-corrected chi connectivity index (χ0v) is 20.4. The van der Waals surface area contributed by atoms with Crippen molar-refractivity contribution >= 4 is 49.0 Å². The van der Waals surface area contributed by atoms with Gasteiger partial charge >= 0.3 is 0 Å². The van der Waals surface area contributed by atoms with E-state index >= 15 is 0 Å². The molecule has 0 aliphatic heterocycles. The fourth-order valence-electron chi connectivity index (χ4n) is 3.48. The molecule has 3 heterocycles. The predicted octanol–water partition coefficient (Wildman–Crippen LogP) is 5.01. The Labute approximate surface area is 206 Å². The Morgan fingerprint density at radius 2 is 1.71 bits per heavy atom. The molecule has 5 rings (SSSR count). The molecule has 3 aromatic heterocycles. The number of fused-ring (bicyclic) bond motifs is 1. The summed E-state index contributed by atoms with van der Waals surface area (Å²) in [5, 5.41) is 6.22. The van der Waals surface area contributed by atoms with Crippen LogP contribution in [0.2, 0.25) is 0 Å². The van der Waals surface area contributed by atoms with Crippen molar-refractivity contribution < 1.29 is 13.2 Å². The van der Waals surface area contributed by atoms with Crippen LogP contribution in [0.1, 0.15) is 5.69 Å². The highest BCUT2D eigenvalue weighted by Gasteiger charge is 2.17. The number of aromatic nitrogens is 4. The number of aryl methyl sites for hydroxylation is 1. The topological polar surface area (TPSA) is 119 Å². The molecule has 0 fully saturated rings. The largest absolute Gasteiger partial charge is 0.497 e. The first-order valence-electron chi connectivity index (χ1n) is 10.5. The smallest absolute Gasteiger partial charge is 0.264 e. The maximum absolute atomic E-state index is 12.7. The van der Waals surface area contributed by atoms with Gasteiger partial charge in [0.2, 0.25) is 5.95 Å². The highest BCUT2D eigenvalue weighted by Crippen LogP contribution is 2.38. The van der Waals surface area contributed by atoms with E-state index in [-0.39, 0.29) is 10.8 Å². The number of thiophene rings is 1. The number of hydrogen-bond acceptors (Lipinski definition) is 9. The predicted molar refractivity (Wildman–Crippen MR) is 137 cm³/mol. The number of hydrogen-bond donors (Lipinski definition) is 2. The monoisotopic (exact) mass is 504 g/mol. The number of rotatable bonds is 7. The first-order chi connectivity index (χ1) is 16.9. The van der Waals surface area contributed by atoms with Crippen LogP contribution in [0.15, 0.2) is 77.4 Å². The quantitative estimate of drug-likeness (QED) is 0.317. The molecule has 2 aromatic carbocycles. The third-order valence-electron chi connectivity index (χ3n) is 5.22. The lowest BCUT2D eigenvalue weighted by molar-refractivity contribution is 0.415. The van der Waals surface area contributed by atoms with Crippen LogP contribution in [0.25, 0.3) is 21.3 Å². The average Bonchev–Trinajstić information content (AvgIpc) is 3.29. The fraction of sp³-hybridized carbons (Fsp3) is 0.0833. The molecule has 0 saturated carbocycles. The first kappa shape index (κ1) is 22.7. The average molecular weight is 505 g/mol. The van der Waals surface area contributed by atoms with Crippen molar-refractivity contribution in [3.8, 4) is 16.9 Å². The zero-order chi connectivity index (χ0) is 24.4. The van der Waals surface area contributed by atoms with E-state index in [0.717, 1.165) is 27.1 Å². The van der Waals surface area contributed by atoms with Gasteiger partial charge in [-0.25, -0.2) is 33.1 Å². The summed E-state index contributed by atoms with van der Waals surface area (Å²) in [5.41, 5.74) is 3.36. The molecule has 5 aromatic rings. The zero-order valence-electron chi connectivity index (χ0n) is 18.8. The van der Waals surface area contributed by atoms with Gasteiger partial charge in [-0.3, -0.25) is 0 Å². The molecule has 0 bridgehead atoms. The molecule has 9 nitrogen and oxygen atoms in total. The molecule has 11 heteroatoms. The Balaban J connectivity index is 1.42. The van der Waals surface area contributed by atoms with Crippen molar-refractivity contribution in [2.24, 2.45) is 0 Å². The summed E-state index contributed by atoms with van der Waals surface area (Å²) < 4.78 is 33.1. The van der Waals surface area contributed by atoms with Crippen LogP contribution in [-0.2, 0) is 10.0 Å². The number of sulfonamides is 1. The van der Waals surface area contributed by atoms with Crippen LogP contribution in [0.4, 0.5) is 17.5 Å². The van der Waals surface area contributed by atoms with Crippen LogP contribution >= 0.6 is 11.3 Å². The summed E-state index contributed by atoms with van der Waals surface area (Å²) in [5.74, 6) is 1.43. The van der Waals surface area contributed by atoms with Gasteiger partial charge in [-0.15, -0.1) is 11.3 Å². The Bertz CT molecular complexity index is 1600. The molecule has 2 N–H and O–H groups in total. The maximum Gasteiger partial charge on any atom is 0.264 e. The summed E-state index contributed by atoms with van der Waals surface area (Å²) in [6.07, 6.45) is 3.00. The van der Waals surface area contributed by atoms with Crippen LogP contribution in [0.5, 0.6) is 5.75 Å². The van der Waals surface area contributed by atoms with Crippen LogP contribution < -0.4 is 14.8 Å². The molecule has 0 aliphatic rings. The Morgan fingerprint density at radius 1 is 0.943 bits per heavy atom. The first-order valence-corrected chi connectivity index (χ1v) is 12.9. The van der Waals surface area contributed by atoms with Gasteiger partial charge in [-0.1, -0.05) is 12.1 Å². The van der Waals surface area contributed by atoms with Crippen LogP contribution in [0.3, 0.4) is 0 Å². The molecular weight excluding hydrogens is 484 g/mol. The second kappa shape index (κ2) is 9.28. The van der Waals surface area contributed by atoms with E-state index < -0.39 is 10.0 Å². The summed E-state index contributed by atoms with van der Waals surface area (Å²) >= 11 is 1.53. The number of benzene rings is 2. The number of anilines is 3. The molecule has 0 atom stereocenters. The maximum atomic E-state index is 12.7. The van der Waals surface area contributed by atoms with Gasteiger partial charge in [-0.2, -0.15) is 0 Å². The van der Waals surface area contributed by atoms with Crippen molar-refractivity contribution in [1.29, 1.82) is 0 Å². The minimum absolute atomic E-state index is 0.0269. The number of nitrogens with zero attached hydrogens (tertiary/aromatic N) is 4. The van der Waals surface area contributed by atoms with E-state index in [0.29, 0.717) is 17.2 Å². The van der Waals surface area contributed by atoms with Crippen molar-refractivity contribution in [3.05, 3.63) is 78.2 Å². The fourth-order valence-corrected chi connectivity index (χ4v) is 5.35. The normalized spacial score (nSPS) is 11.4. The molecule has 176 valence electrons. The number of ether oxygens (including phenoxy) is 1. The van der Waals surface area contributed by atoms with E-state index in [1.165, 1.54) is 36.0 Å². The van der Waals surface area contributed by atoms with Gasteiger partial charge < -0.3 is 10.1 Å². The second-order valence-electron chi connectivity index (χ2n) is 7.56. The highest BCUT2D eigenvalue weighted by atomic mass is 32.2. The van der Waals surface area contributed by atoms with Gasteiger partial charge in [-0.05, 0) is 55.0 Å². The van der Waals surface area contributed by atoms with Crippen molar-refractivity contribution in [1.82, 2.24) is 19.9 Å². The Hall–Kier alpha value is -4.09. The van der Waals surface area contributed by atoms with Crippen molar-refractivity contribution in [2.75, 3.05) is 17.1 Å². The molecular formula is C24H20N6O3S2. The number of methoxy groups -OCH3 is 1. The Morgan fingerprint density at radius 3 is 2.43 bits per heavy atom. The minimum atomic E-state index is -3.83. The van der Waals surface area contributed by atoms with Gasteiger partial charge in [0.15, 0.2) is 0 Å². The van der Waals surface area contributed by atoms with E-state index in [9.17, 15) is 8.42 Å². The lowest BCUT2D eigenvalue weighted by Crippen LogP contribution is -2.15. The van der Waals surface area contributed by atoms with E-state index in [1.54, 1.807) is 32.2 Å². The van der Waals surface area contributed by atoms with Gasteiger partial charge in [0.05, 0.1) is 17.4 Å². The summed E-state index contributed by atoms with van der Waals surface area (Å²) in [4.78, 5) is 17.8. The standard InChI is InChI=1S/C24H20N6O3S2/c1-15-11-12-25-24(28-15)30-35(31,32)19-9-5-17(6-10-19)29-22-21-20(13-34-23(21)27-14-26-22)16-3-7-18(33-2)8-4-16/h3-14H,1-2H3,(H,25,28,30)(H,26,27,29). The summed E-state index contributed by atoms with van der Waals surface area (Å²) in [6, 6.07) is 15.9. The summed E-state index contributed by atoms with van der Waals surface area (Å²) in [6.45, 7) is 1.76. The van der Waals surface area contributed by atoms with Crippen LogP contribution in [-0.4, -0.2) is 35.5 Å². The van der Waals surface area contributed by atoms with Gasteiger partial charge in [0, 0.05) is 28.5 Å². The second-order valence-corrected chi connectivity index (χ2v) is 10.1. The van der Waals surface area contributed by atoms with E-state index in [2.05, 4.69) is 30.0 Å². The summed E-state index contributed by atoms with van der Waals surface area (Å²) in [7, 11) is -2.20. The third kappa shape index (κ3) is 4.77. The van der Waals surface area contributed by atoms with Crippen molar-refractivity contribution in [2.45, 2.75) is 11.8 Å². The molecule has 0 amide bonds. The molecule has 0 spiro atoms. The molecule has 35 heavy (non-hydrogen) atoms. The minimum Gasteiger partial charge on any atom is -0.497 e. The van der Waals surface area contributed by atoms with E-state index in [4.69, 9.17) is 4.74 Å². The lowest BCUT2D eigenvalue weighted by Gasteiger charge is -2.10. The molecule has 0 unspecified atom stereocenters. The lowest BCUT2D eigenvalue weighted by atomic mass is 10.1. The number of nitrogens with one attached hydrogen (secondary N) is 2. The van der Waals surface area contributed by atoms with Crippen molar-refractivity contribution in [3.63, 3.8) is 0 Å². The SMILES string of the molecule is COc1ccc(-c2csc3ncnc(Nc4ccc(S(=O)(=O)Nc5nccc(C)n5)cc4)c23)cc1. The third-order valence-corrected chi connectivity index (χ3v) is 7.45. The van der Waals surface area contributed by atoms with Crippen LogP contribution in [0, 0.1) is 6.92 Å². The highest BCUT2D eigenvalue weighted by molar-refractivity contribution is 7.92. The molecule has 0 aliphatic carbocycles. The van der Waals surface area contributed by atoms with E-state index in [1.807, 2.05) is 29.6 Å². The molecule has 0 saturated heterocycles. The molecule has 0 radical (unpaired) electrons.